The Morgan fingerprint density at radius 2 is 2.10 bits per heavy atom. The molecule has 0 radical (unpaired) electrons. The van der Waals surface area contributed by atoms with Crippen LogP contribution in [0, 0.1) is 5.82 Å². The van der Waals surface area contributed by atoms with Crippen LogP contribution in [0.1, 0.15) is 0 Å². The van der Waals surface area contributed by atoms with E-state index in [-0.39, 0.29) is 11.3 Å². The van der Waals surface area contributed by atoms with Gasteiger partial charge in [0.2, 0.25) is 0 Å². The van der Waals surface area contributed by atoms with E-state index >= 15 is 0 Å². The van der Waals surface area contributed by atoms with Crippen molar-refractivity contribution in [2.75, 3.05) is 7.11 Å². The van der Waals surface area contributed by atoms with Crippen LogP contribution in [0.3, 0.4) is 0 Å². The molecule has 0 aliphatic carbocycles. The predicted molar refractivity (Wildman–Crippen MR) is 74.6 cm³/mol. The minimum Gasteiger partial charge on any atom is -0.496 e. The van der Waals surface area contributed by atoms with Gasteiger partial charge in [-0.15, -0.1) is 0 Å². The molecule has 0 bridgehead atoms. The summed E-state index contributed by atoms with van der Waals surface area (Å²) in [5.41, 5.74) is 9.71. The summed E-state index contributed by atoms with van der Waals surface area (Å²) < 4.78 is 18.9. The van der Waals surface area contributed by atoms with Gasteiger partial charge in [-0.1, -0.05) is 17.2 Å². The first-order valence-corrected chi connectivity index (χ1v) is 5.85. The van der Waals surface area contributed by atoms with Crippen LogP contribution in [0.5, 0.6) is 5.75 Å². The number of pyridine rings is 1. The second kappa shape index (κ2) is 4.68. The van der Waals surface area contributed by atoms with E-state index in [0.717, 1.165) is 5.39 Å². The number of hydrogen-bond acceptors (Lipinski definition) is 3. The van der Waals surface area contributed by atoms with Gasteiger partial charge in [0, 0.05) is 15.7 Å². The van der Waals surface area contributed by atoms with E-state index < -0.39 is 0 Å². The number of aromatic nitrogens is 1. The molecule has 20 heavy (non-hydrogen) atoms. The van der Waals surface area contributed by atoms with Gasteiger partial charge < -0.3 is 4.74 Å². The first-order valence-electron chi connectivity index (χ1n) is 5.85. The normalized spacial score (nSPS) is 10.5. The third kappa shape index (κ3) is 1.88. The second-order valence-electron chi connectivity index (χ2n) is 4.21. The second-order valence-corrected chi connectivity index (χ2v) is 4.21. The molecule has 0 unspecified atom stereocenters. The SMILES string of the molecule is COc1cc2cc3cccc(F)c3nc2cc1N=[N+]=[N-]. The van der Waals surface area contributed by atoms with Crippen molar-refractivity contribution in [3.8, 4) is 5.75 Å². The fourth-order valence-corrected chi connectivity index (χ4v) is 2.13. The Labute approximate surface area is 113 Å². The van der Waals surface area contributed by atoms with Crippen molar-refractivity contribution >= 4 is 27.5 Å². The van der Waals surface area contributed by atoms with E-state index in [0.29, 0.717) is 22.3 Å². The zero-order valence-corrected chi connectivity index (χ0v) is 10.5. The maximum Gasteiger partial charge on any atom is 0.149 e. The number of rotatable bonds is 2. The standard InChI is InChI=1S/C14H9FN4O/c1-20-13-6-9-5-8-3-2-4-10(15)14(8)17-11(9)7-12(13)18-19-16/h2-7H,1H3. The van der Waals surface area contributed by atoms with Gasteiger partial charge in [0.25, 0.3) is 0 Å². The predicted octanol–water partition coefficient (Wildman–Crippen LogP) is 4.48. The minimum atomic E-state index is -0.384. The van der Waals surface area contributed by atoms with Gasteiger partial charge >= 0.3 is 0 Å². The maximum atomic E-state index is 13.7. The number of methoxy groups -OCH3 is 1. The average Bonchev–Trinajstić information content (AvgIpc) is 2.46. The van der Waals surface area contributed by atoms with E-state index in [1.807, 2.05) is 6.07 Å². The first-order chi connectivity index (χ1) is 9.72. The minimum absolute atomic E-state index is 0.289. The third-order valence-electron chi connectivity index (χ3n) is 3.04. The first kappa shape index (κ1) is 12.2. The highest BCUT2D eigenvalue weighted by molar-refractivity contribution is 5.95. The van der Waals surface area contributed by atoms with Crippen LogP contribution in [0.2, 0.25) is 0 Å². The molecule has 1 heterocycles. The number of benzene rings is 2. The summed E-state index contributed by atoms with van der Waals surface area (Å²) in [6.45, 7) is 0. The zero-order chi connectivity index (χ0) is 14.1. The Hall–Kier alpha value is -2.85. The number of azide groups is 1. The largest absolute Gasteiger partial charge is 0.496 e. The summed E-state index contributed by atoms with van der Waals surface area (Å²) in [4.78, 5) is 7.03. The van der Waals surface area contributed by atoms with Gasteiger partial charge in [-0.05, 0) is 29.8 Å². The Kier molecular flexibility index (Phi) is 2.85. The number of halogens is 1. The molecule has 0 spiro atoms. The number of fused-ring (bicyclic) bond motifs is 2. The molecule has 3 aromatic rings. The van der Waals surface area contributed by atoms with Gasteiger partial charge in [-0.25, -0.2) is 9.37 Å². The van der Waals surface area contributed by atoms with Gasteiger partial charge in [0.1, 0.15) is 17.1 Å². The number of nitrogens with zero attached hydrogens (tertiary/aromatic N) is 4. The van der Waals surface area contributed by atoms with Crippen molar-refractivity contribution in [3.05, 3.63) is 52.7 Å². The Balaban J connectivity index is 2.40. The van der Waals surface area contributed by atoms with E-state index in [1.54, 1.807) is 24.3 Å². The molecule has 5 nitrogen and oxygen atoms in total. The fourth-order valence-electron chi connectivity index (χ4n) is 2.13. The molecule has 0 saturated heterocycles. The summed E-state index contributed by atoms with van der Waals surface area (Å²) in [7, 11) is 1.49. The number of hydrogen-bond donors (Lipinski definition) is 0. The summed E-state index contributed by atoms with van der Waals surface area (Å²) in [6, 6.07) is 9.91. The lowest BCUT2D eigenvalue weighted by atomic mass is 10.1. The van der Waals surface area contributed by atoms with Crippen LogP contribution >= 0.6 is 0 Å². The zero-order valence-electron chi connectivity index (χ0n) is 10.5. The monoisotopic (exact) mass is 268 g/mol. The van der Waals surface area contributed by atoms with Gasteiger partial charge in [0.15, 0.2) is 0 Å². The average molecular weight is 268 g/mol. The van der Waals surface area contributed by atoms with Gasteiger partial charge in [0.05, 0.1) is 18.3 Å². The topological polar surface area (TPSA) is 70.9 Å². The Morgan fingerprint density at radius 1 is 1.25 bits per heavy atom. The molecule has 0 N–H and O–H groups in total. The lowest BCUT2D eigenvalue weighted by Gasteiger charge is -2.07. The van der Waals surface area contributed by atoms with Crippen molar-refractivity contribution < 1.29 is 9.13 Å². The highest BCUT2D eigenvalue weighted by Crippen LogP contribution is 2.33. The number of para-hydroxylation sites is 1. The molecular formula is C14H9FN4O. The summed E-state index contributed by atoms with van der Waals surface area (Å²) in [5, 5.41) is 5.05. The Bertz CT molecular complexity index is 872. The van der Waals surface area contributed by atoms with Crippen LogP contribution in [0.4, 0.5) is 10.1 Å². The van der Waals surface area contributed by atoms with E-state index in [1.165, 1.54) is 13.2 Å². The van der Waals surface area contributed by atoms with E-state index in [4.69, 9.17) is 10.3 Å². The van der Waals surface area contributed by atoms with Crippen LogP contribution < -0.4 is 4.74 Å². The van der Waals surface area contributed by atoms with Crippen LogP contribution in [0.15, 0.2) is 41.5 Å². The molecule has 6 heteroatoms. The summed E-state index contributed by atoms with van der Waals surface area (Å²) in [6.07, 6.45) is 0. The molecule has 0 aliphatic heterocycles. The molecule has 0 saturated carbocycles. The molecule has 0 aliphatic rings. The van der Waals surface area contributed by atoms with Crippen LogP contribution in [0.25, 0.3) is 32.2 Å². The highest BCUT2D eigenvalue weighted by atomic mass is 19.1. The number of ether oxygens (including phenoxy) is 1. The van der Waals surface area contributed by atoms with E-state index in [9.17, 15) is 4.39 Å². The van der Waals surface area contributed by atoms with Crippen LogP contribution in [-0.2, 0) is 0 Å². The lowest BCUT2D eigenvalue weighted by molar-refractivity contribution is 0.416. The highest BCUT2D eigenvalue weighted by Gasteiger charge is 2.08. The smallest absolute Gasteiger partial charge is 0.149 e. The van der Waals surface area contributed by atoms with Gasteiger partial charge in [-0.3, -0.25) is 0 Å². The Morgan fingerprint density at radius 3 is 2.85 bits per heavy atom. The van der Waals surface area contributed by atoms with E-state index in [2.05, 4.69) is 15.0 Å². The van der Waals surface area contributed by atoms with Crippen molar-refractivity contribution in [2.24, 2.45) is 5.11 Å². The van der Waals surface area contributed by atoms with Crippen molar-refractivity contribution in [2.45, 2.75) is 0 Å². The lowest BCUT2D eigenvalue weighted by Crippen LogP contribution is -1.88. The fraction of sp³-hybridized carbons (Fsp3) is 0.0714. The molecule has 2 aromatic carbocycles. The quantitative estimate of drug-likeness (QED) is 0.297. The molecule has 98 valence electrons. The van der Waals surface area contributed by atoms with Crippen molar-refractivity contribution in [1.29, 1.82) is 0 Å². The van der Waals surface area contributed by atoms with Crippen LogP contribution in [-0.4, -0.2) is 12.1 Å². The molecule has 0 atom stereocenters. The van der Waals surface area contributed by atoms with Crippen molar-refractivity contribution in [1.82, 2.24) is 4.98 Å². The molecule has 0 fully saturated rings. The molecule has 0 amide bonds. The summed E-state index contributed by atoms with van der Waals surface area (Å²) >= 11 is 0. The summed E-state index contributed by atoms with van der Waals surface area (Å²) in [5.74, 6) is 0.0680. The van der Waals surface area contributed by atoms with Crippen molar-refractivity contribution in [3.63, 3.8) is 0 Å². The third-order valence-corrected chi connectivity index (χ3v) is 3.04. The van der Waals surface area contributed by atoms with Gasteiger partial charge in [-0.2, -0.15) is 0 Å². The maximum absolute atomic E-state index is 13.7. The molecule has 3 rings (SSSR count). The molecular weight excluding hydrogens is 259 g/mol. The molecule has 1 aromatic heterocycles.